The SMILES string of the molecule is Cc1cc(C(=O)Nc2cccc(CN3CCC(C(=O)NC4CCCCC4)CC3)c2)cc(C2CCCC2)n1. The number of amides is 2. The second-order valence-electron chi connectivity index (χ2n) is 11.5. The fourth-order valence-corrected chi connectivity index (χ4v) is 6.38. The van der Waals surface area contributed by atoms with Crippen LogP contribution in [0, 0.1) is 12.8 Å². The van der Waals surface area contributed by atoms with Crippen molar-refractivity contribution >= 4 is 17.5 Å². The van der Waals surface area contributed by atoms with Gasteiger partial charge in [0, 0.05) is 47.1 Å². The molecule has 2 saturated carbocycles. The standard InChI is InChI=1S/C31H42N4O2/c1-22-18-26(20-29(32-22)24-9-5-6-10-24)31(37)34-28-13-7-8-23(19-28)21-35-16-14-25(15-17-35)30(36)33-27-11-3-2-4-12-27/h7-8,13,18-20,24-25,27H,2-6,9-12,14-17,21H2,1H3,(H,33,36)(H,34,37). The summed E-state index contributed by atoms with van der Waals surface area (Å²) >= 11 is 0. The lowest BCUT2D eigenvalue weighted by Gasteiger charge is -2.32. The van der Waals surface area contributed by atoms with E-state index in [0.717, 1.165) is 62.4 Å². The highest BCUT2D eigenvalue weighted by Crippen LogP contribution is 2.33. The molecular weight excluding hydrogens is 460 g/mol. The third-order valence-electron chi connectivity index (χ3n) is 8.51. The number of aromatic nitrogens is 1. The number of nitrogens with zero attached hydrogens (tertiary/aromatic N) is 2. The molecule has 6 heteroatoms. The van der Waals surface area contributed by atoms with Crippen LogP contribution < -0.4 is 10.6 Å². The van der Waals surface area contributed by atoms with Gasteiger partial charge in [0.1, 0.15) is 0 Å². The van der Waals surface area contributed by atoms with E-state index in [1.54, 1.807) is 0 Å². The Balaban J connectivity index is 1.13. The lowest BCUT2D eigenvalue weighted by molar-refractivity contribution is -0.127. The molecule has 0 unspecified atom stereocenters. The number of carbonyl (C=O) groups is 2. The average molecular weight is 503 g/mol. The van der Waals surface area contributed by atoms with Gasteiger partial charge in [-0.15, -0.1) is 0 Å². The zero-order valence-corrected chi connectivity index (χ0v) is 22.3. The van der Waals surface area contributed by atoms with Crippen LogP contribution in [0.3, 0.4) is 0 Å². The number of benzene rings is 1. The van der Waals surface area contributed by atoms with Crippen molar-refractivity contribution in [3.8, 4) is 0 Å². The third kappa shape index (κ3) is 6.98. The third-order valence-corrected chi connectivity index (χ3v) is 8.51. The minimum Gasteiger partial charge on any atom is -0.353 e. The highest BCUT2D eigenvalue weighted by molar-refractivity contribution is 6.04. The summed E-state index contributed by atoms with van der Waals surface area (Å²) in [5, 5.41) is 6.42. The maximum Gasteiger partial charge on any atom is 0.255 e. The van der Waals surface area contributed by atoms with Gasteiger partial charge < -0.3 is 10.6 Å². The first-order valence-corrected chi connectivity index (χ1v) is 14.4. The zero-order valence-electron chi connectivity index (χ0n) is 22.3. The summed E-state index contributed by atoms with van der Waals surface area (Å²) in [6.45, 7) is 4.67. The van der Waals surface area contributed by atoms with E-state index >= 15 is 0 Å². The molecule has 0 atom stereocenters. The molecule has 5 rings (SSSR count). The van der Waals surface area contributed by atoms with Crippen LogP contribution in [0.2, 0.25) is 0 Å². The van der Waals surface area contributed by atoms with Crippen LogP contribution >= 0.6 is 0 Å². The van der Waals surface area contributed by atoms with Gasteiger partial charge in [-0.3, -0.25) is 19.5 Å². The van der Waals surface area contributed by atoms with E-state index in [4.69, 9.17) is 4.98 Å². The van der Waals surface area contributed by atoms with Gasteiger partial charge in [0.25, 0.3) is 5.91 Å². The van der Waals surface area contributed by atoms with Crippen LogP contribution in [0.5, 0.6) is 0 Å². The second kappa shape index (κ2) is 12.2. The van der Waals surface area contributed by atoms with Crippen LogP contribution in [0.1, 0.15) is 104 Å². The van der Waals surface area contributed by atoms with Crippen molar-refractivity contribution in [2.24, 2.45) is 5.92 Å². The largest absolute Gasteiger partial charge is 0.353 e. The molecule has 0 radical (unpaired) electrons. The van der Waals surface area contributed by atoms with Crippen molar-refractivity contribution in [2.75, 3.05) is 18.4 Å². The first-order chi connectivity index (χ1) is 18.0. The number of hydrogen-bond donors (Lipinski definition) is 2. The van der Waals surface area contributed by atoms with Crippen LogP contribution in [0.4, 0.5) is 5.69 Å². The topological polar surface area (TPSA) is 74.3 Å². The van der Waals surface area contributed by atoms with Gasteiger partial charge in [0.2, 0.25) is 5.91 Å². The van der Waals surface area contributed by atoms with E-state index in [1.807, 2.05) is 31.2 Å². The zero-order chi connectivity index (χ0) is 25.6. The summed E-state index contributed by atoms with van der Waals surface area (Å²) < 4.78 is 0. The Hall–Kier alpha value is -2.73. The maximum atomic E-state index is 13.1. The van der Waals surface area contributed by atoms with Crippen LogP contribution in [-0.4, -0.2) is 40.8 Å². The molecule has 198 valence electrons. The number of carbonyl (C=O) groups excluding carboxylic acids is 2. The highest BCUT2D eigenvalue weighted by atomic mass is 16.2. The smallest absolute Gasteiger partial charge is 0.255 e. The van der Waals surface area contributed by atoms with E-state index in [-0.39, 0.29) is 17.7 Å². The number of nitrogens with one attached hydrogen (secondary N) is 2. The van der Waals surface area contributed by atoms with Crippen LogP contribution in [0.25, 0.3) is 0 Å². The monoisotopic (exact) mass is 502 g/mol. The molecule has 1 aliphatic heterocycles. The molecule has 0 spiro atoms. The van der Waals surface area contributed by atoms with Crippen molar-refractivity contribution in [1.29, 1.82) is 0 Å². The summed E-state index contributed by atoms with van der Waals surface area (Å²) in [5.41, 5.74) is 4.65. The normalized spacial score (nSPS) is 20.1. The van der Waals surface area contributed by atoms with Gasteiger partial charge in [-0.05, 0) is 88.4 Å². The molecule has 37 heavy (non-hydrogen) atoms. The number of likely N-dealkylation sites (tertiary alicyclic amines) is 1. The van der Waals surface area contributed by atoms with E-state index in [0.29, 0.717) is 17.5 Å². The predicted molar refractivity (Wildman–Crippen MR) is 148 cm³/mol. The molecule has 2 aliphatic carbocycles. The molecule has 1 aromatic carbocycles. The Morgan fingerprint density at radius 3 is 2.41 bits per heavy atom. The number of hydrogen-bond acceptors (Lipinski definition) is 4. The number of aryl methyl sites for hydroxylation is 1. The highest BCUT2D eigenvalue weighted by Gasteiger charge is 2.27. The number of pyridine rings is 1. The molecule has 6 nitrogen and oxygen atoms in total. The summed E-state index contributed by atoms with van der Waals surface area (Å²) in [6, 6.07) is 12.4. The Morgan fingerprint density at radius 2 is 1.65 bits per heavy atom. The van der Waals surface area contributed by atoms with Gasteiger partial charge in [-0.1, -0.05) is 44.2 Å². The van der Waals surface area contributed by atoms with Crippen LogP contribution in [-0.2, 0) is 11.3 Å². The second-order valence-corrected chi connectivity index (χ2v) is 11.5. The van der Waals surface area contributed by atoms with Crippen LogP contribution in [0.15, 0.2) is 36.4 Å². The quantitative estimate of drug-likeness (QED) is 0.490. The molecule has 1 saturated heterocycles. The van der Waals surface area contributed by atoms with Gasteiger partial charge >= 0.3 is 0 Å². The van der Waals surface area contributed by atoms with Crippen molar-refractivity contribution in [3.63, 3.8) is 0 Å². The first-order valence-electron chi connectivity index (χ1n) is 14.4. The van der Waals surface area contributed by atoms with E-state index < -0.39 is 0 Å². The van der Waals surface area contributed by atoms with Gasteiger partial charge in [0.05, 0.1) is 0 Å². The molecule has 3 aliphatic rings. The molecule has 2 N–H and O–H groups in total. The van der Waals surface area contributed by atoms with Gasteiger partial charge in [-0.25, -0.2) is 0 Å². The first kappa shape index (κ1) is 25.9. The van der Waals surface area contributed by atoms with E-state index in [2.05, 4.69) is 27.7 Å². The maximum absolute atomic E-state index is 13.1. The minimum atomic E-state index is -0.0771. The van der Waals surface area contributed by atoms with Crippen molar-refractivity contribution in [3.05, 3.63) is 58.9 Å². The predicted octanol–water partition coefficient (Wildman–Crippen LogP) is 5.96. The van der Waals surface area contributed by atoms with Gasteiger partial charge in [0.15, 0.2) is 0 Å². The number of rotatable bonds is 7. The molecular formula is C31H42N4O2. The summed E-state index contributed by atoms with van der Waals surface area (Å²) in [7, 11) is 0. The Labute approximate surface area is 221 Å². The summed E-state index contributed by atoms with van der Waals surface area (Å²) in [4.78, 5) is 33.0. The molecule has 2 heterocycles. The Morgan fingerprint density at radius 1 is 0.919 bits per heavy atom. The lowest BCUT2D eigenvalue weighted by Crippen LogP contribution is -2.44. The molecule has 3 fully saturated rings. The Kier molecular flexibility index (Phi) is 8.55. The molecule has 0 bridgehead atoms. The molecule has 2 aromatic rings. The number of piperidine rings is 1. The molecule has 2 amide bonds. The summed E-state index contributed by atoms with van der Waals surface area (Å²) in [5.74, 6) is 0.810. The van der Waals surface area contributed by atoms with Crippen molar-refractivity contribution in [1.82, 2.24) is 15.2 Å². The minimum absolute atomic E-state index is 0.0771. The van der Waals surface area contributed by atoms with E-state index in [1.165, 1.54) is 50.5 Å². The average Bonchev–Trinajstić information content (AvgIpc) is 3.45. The van der Waals surface area contributed by atoms with Crippen molar-refractivity contribution in [2.45, 2.75) is 96.1 Å². The number of anilines is 1. The van der Waals surface area contributed by atoms with Gasteiger partial charge in [-0.2, -0.15) is 0 Å². The lowest BCUT2D eigenvalue weighted by atomic mass is 9.92. The molecule has 1 aromatic heterocycles. The van der Waals surface area contributed by atoms with E-state index in [9.17, 15) is 9.59 Å². The fourth-order valence-electron chi connectivity index (χ4n) is 6.38. The van der Waals surface area contributed by atoms with Crippen molar-refractivity contribution < 1.29 is 9.59 Å². The fraction of sp³-hybridized carbons (Fsp3) is 0.581. The summed E-state index contributed by atoms with van der Waals surface area (Å²) in [6.07, 6.45) is 12.7. The Bertz CT molecular complexity index is 1080.